The second-order valence-electron chi connectivity index (χ2n) is 5.81. The third kappa shape index (κ3) is 4.07. The lowest BCUT2D eigenvalue weighted by Gasteiger charge is -2.27. The standard InChI is InChI=1S/C17H19NO6S2/c1-25(19,20)15-7-8-16(24-14-5-3-2-4-6-14)17(13-15)26(21,22)18-9-11-23-12-10-18/h2-8,13H,9-12H2,1H3. The van der Waals surface area contributed by atoms with Crippen LogP contribution in [0.15, 0.2) is 58.3 Å². The molecular weight excluding hydrogens is 378 g/mol. The molecule has 26 heavy (non-hydrogen) atoms. The van der Waals surface area contributed by atoms with E-state index in [-0.39, 0.29) is 28.6 Å². The van der Waals surface area contributed by atoms with Crippen LogP contribution in [-0.4, -0.2) is 53.7 Å². The van der Waals surface area contributed by atoms with Gasteiger partial charge in [0.2, 0.25) is 10.0 Å². The predicted octanol–water partition coefficient (Wildman–Crippen LogP) is 1.90. The van der Waals surface area contributed by atoms with Crippen molar-refractivity contribution in [2.75, 3.05) is 32.6 Å². The van der Waals surface area contributed by atoms with Gasteiger partial charge in [0.15, 0.2) is 9.84 Å². The molecule has 0 bridgehead atoms. The lowest BCUT2D eigenvalue weighted by atomic mass is 10.3. The molecule has 0 spiro atoms. The Morgan fingerprint density at radius 2 is 1.62 bits per heavy atom. The Morgan fingerprint density at radius 3 is 2.23 bits per heavy atom. The lowest BCUT2D eigenvalue weighted by Crippen LogP contribution is -2.40. The molecule has 1 saturated heterocycles. The first-order valence-corrected chi connectivity index (χ1v) is 11.3. The molecule has 140 valence electrons. The van der Waals surface area contributed by atoms with Gasteiger partial charge in [-0.3, -0.25) is 0 Å². The van der Waals surface area contributed by atoms with Crippen LogP contribution >= 0.6 is 0 Å². The molecule has 0 atom stereocenters. The molecule has 7 nitrogen and oxygen atoms in total. The van der Waals surface area contributed by atoms with E-state index in [1.165, 1.54) is 16.4 Å². The summed E-state index contributed by atoms with van der Waals surface area (Å²) < 4.78 is 62.1. The number of para-hydroxylation sites is 1. The van der Waals surface area contributed by atoms with Crippen LogP contribution < -0.4 is 4.74 Å². The van der Waals surface area contributed by atoms with Gasteiger partial charge in [0.25, 0.3) is 0 Å². The van der Waals surface area contributed by atoms with Crippen LogP contribution in [0.5, 0.6) is 11.5 Å². The number of nitrogens with zero attached hydrogens (tertiary/aromatic N) is 1. The van der Waals surface area contributed by atoms with Crippen molar-refractivity contribution in [1.29, 1.82) is 0 Å². The van der Waals surface area contributed by atoms with Crippen molar-refractivity contribution in [1.82, 2.24) is 4.31 Å². The number of sulfonamides is 1. The van der Waals surface area contributed by atoms with E-state index in [9.17, 15) is 16.8 Å². The zero-order valence-corrected chi connectivity index (χ0v) is 15.8. The first-order chi connectivity index (χ1) is 12.3. The van der Waals surface area contributed by atoms with Gasteiger partial charge in [-0.05, 0) is 30.3 Å². The highest BCUT2D eigenvalue weighted by molar-refractivity contribution is 7.91. The molecule has 2 aromatic carbocycles. The Bertz CT molecular complexity index is 981. The summed E-state index contributed by atoms with van der Waals surface area (Å²) in [5.74, 6) is 0.535. The largest absolute Gasteiger partial charge is 0.456 e. The van der Waals surface area contributed by atoms with Crippen molar-refractivity contribution in [3.63, 3.8) is 0 Å². The minimum atomic E-state index is -3.93. The zero-order valence-electron chi connectivity index (χ0n) is 14.2. The van der Waals surface area contributed by atoms with Gasteiger partial charge < -0.3 is 9.47 Å². The SMILES string of the molecule is CS(=O)(=O)c1ccc(Oc2ccccc2)c(S(=O)(=O)N2CCOCC2)c1. The van der Waals surface area contributed by atoms with Gasteiger partial charge in [0.05, 0.1) is 18.1 Å². The maximum Gasteiger partial charge on any atom is 0.246 e. The number of benzene rings is 2. The molecule has 1 fully saturated rings. The Morgan fingerprint density at radius 1 is 0.962 bits per heavy atom. The van der Waals surface area contributed by atoms with E-state index < -0.39 is 19.9 Å². The minimum absolute atomic E-state index is 0.0788. The van der Waals surface area contributed by atoms with Gasteiger partial charge in [-0.15, -0.1) is 0 Å². The molecule has 0 unspecified atom stereocenters. The summed E-state index contributed by atoms with van der Waals surface area (Å²) in [5, 5.41) is 0. The van der Waals surface area contributed by atoms with Crippen LogP contribution in [0.25, 0.3) is 0 Å². The van der Waals surface area contributed by atoms with E-state index in [4.69, 9.17) is 9.47 Å². The smallest absolute Gasteiger partial charge is 0.246 e. The molecule has 3 rings (SSSR count). The highest BCUT2D eigenvalue weighted by Crippen LogP contribution is 2.33. The summed E-state index contributed by atoms with van der Waals surface area (Å²) in [4.78, 5) is -0.254. The number of morpholine rings is 1. The van der Waals surface area contributed by atoms with E-state index >= 15 is 0 Å². The molecule has 0 N–H and O–H groups in total. The molecule has 9 heteroatoms. The van der Waals surface area contributed by atoms with Gasteiger partial charge in [0, 0.05) is 19.3 Å². The van der Waals surface area contributed by atoms with Crippen LogP contribution in [0.3, 0.4) is 0 Å². The quantitative estimate of drug-likeness (QED) is 0.766. The van der Waals surface area contributed by atoms with E-state index in [1.807, 2.05) is 6.07 Å². The molecule has 2 aromatic rings. The predicted molar refractivity (Wildman–Crippen MR) is 95.6 cm³/mol. The Balaban J connectivity index is 2.09. The maximum atomic E-state index is 13.1. The Labute approximate surface area is 153 Å². The van der Waals surface area contributed by atoms with Crippen LogP contribution in [-0.2, 0) is 24.6 Å². The van der Waals surface area contributed by atoms with Gasteiger partial charge in [-0.2, -0.15) is 4.31 Å². The first kappa shape index (κ1) is 18.8. The van der Waals surface area contributed by atoms with Crippen LogP contribution in [0.2, 0.25) is 0 Å². The summed E-state index contributed by atoms with van der Waals surface area (Å²) in [6.07, 6.45) is 1.03. The van der Waals surface area contributed by atoms with Crippen molar-refractivity contribution in [3.8, 4) is 11.5 Å². The van der Waals surface area contributed by atoms with E-state index in [0.29, 0.717) is 19.0 Å². The molecule has 0 aliphatic carbocycles. The minimum Gasteiger partial charge on any atom is -0.456 e. The summed E-state index contributed by atoms with van der Waals surface area (Å²) >= 11 is 0. The van der Waals surface area contributed by atoms with Crippen LogP contribution in [0.4, 0.5) is 0 Å². The fraction of sp³-hybridized carbons (Fsp3) is 0.294. The van der Waals surface area contributed by atoms with E-state index in [0.717, 1.165) is 12.3 Å². The van der Waals surface area contributed by atoms with Gasteiger partial charge in [-0.25, -0.2) is 16.8 Å². The number of hydrogen-bond acceptors (Lipinski definition) is 6. The highest BCUT2D eigenvalue weighted by Gasteiger charge is 2.30. The summed E-state index contributed by atoms with van der Waals surface area (Å²) in [6.45, 7) is 0.992. The fourth-order valence-corrected chi connectivity index (χ4v) is 4.82. The number of ether oxygens (including phenoxy) is 2. The Hall–Kier alpha value is -1.94. The maximum absolute atomic E-state index is 13.1. The molecule has 0 saturated carbocycles. The third-order valence-electron chi connectivity index (χ3n) is 3.90. The third-order valence-corrected chi connectivity index (χ3v) is 6.93. The second-order valence-corrected chi connectivity index (χ2v) is 9.73. The molecule has 1 aliphatic heterocycles. The number of rotatable bonds is 5. The molecule has 0 radical (unpaired) electrons. The van der Waals surface area contributed by atoms with E-state index in [2.05, 4.69) is 0 Å². The van der Waals surface area contributed by atoms with Crippen LogP contribution in [0.1, 0.15) is 0 Å². The monoisotopic (exact) mass is 397 g/mol. The van der Waals surface area contributed by atoms with Gasteiger partial charge in [-0.1, -0.05) is 18.2 Å². The number of sulfone groups is 1. The Kier molecular flexibility index (Phi) is 5.33. The summed E-state index contributed by atoms with van der Waals surface area (Å²) in [6, 6.07) is 12.6. The fourth-order valence-electron chi connectivity index (χ4n) is 2.55. The van der Waals surface area contributed by atoms with Crippen LogP contribution in [0, 0.1) is 0 Å². The van der Waals surface area contributed by atoms with Crippen molar-refractivity contribution in [2.45, 2.75) is 9.79 Å². The number of hydrogen-bond donors (Lipinski definition) is 0. The van der Waals surface area contributed by atoms with Crippen molar-refractivity contribution < 1.29 is 26.3 Å². The van der Waals surface area contributed by atoms with E-state index in [1.54, 1.807) is 24.3 Å². The summed E-state index contributed by atoms with van der Waals surface area (Å²) in [7, 11) is -7.50. The van der Waals surface area contributed by atoms with Gasteiger partial charge >= 0.3 is 0 Å². The molecule has 1 heterocycles. The molecule has 0 amide bonds. The van der Waals surface area contributed by atoms with Crippen molar-refractivity contribution in [2.24, 2.45) is 0 Å². The summed E-state index contributed by atoms with van der Waals surface area (Å²) in [5.41, 5.74) is 0. The van der Waals surface area contributed by atoms with Gasteiger partial charge in [0.1, 0.15) is 16.4 Å². The molecule has 1 aliphatic rings. The topological polar surface area (TPSA) is 90.0 Å². The van der Waals surface area contributed by atoms with Crippen molar-refractivity contribution >= 4 is 19.9 Å². The zero-order chi connectivity index (χ0) is 18.8. The van der Waals surface area contributed by atoms with Crippen molar-refractivity contribution in [3.05, 3.63) is 48.5 Å². The lowest BCUT2D eigenvalue weighted by molar-refractivity contribution is 0.0729. The average Bonchev–Trinajstić information content (AvgIpc) is 2.62. The molecular formula is C17H19NO6S2. The normalized spacial score (nSPS) is 16.3. The first-order valence-electron chi connectivity index (χ1n) is 7.93. The highest BCUT2D eigenvalue weighted by atomic mass is 32.2. The second kappa shape index (κ2) is 7.36. The molecule has 0 aromatic heterocycles. The average molecular weight is 397 g/mol.